The third-order valence-electron chi connectivity index (χ3n) is 2.91. The van der Waals surface area contributed by atoms with Crippen LogP contribution in [-0.4, -0.2) is 25.3 Å². The zero-order chi connectivity index (χ0) is 14.5. The summed E-state index contributed by atoms with van der Waals surface area (Å²) in [6.45, 7) is 1.22. The maximum Gasteiger partial charge on any atom is 0.271 e. The second-order valence-electron chi connectivity index (χ2n) is 4.43. The topological polar surface area (TPSA) is 59.9 Å². The van der Waals surface area contributed by atoms with Crippen LogP contribution in [0, 0.1) is 0 Å². The number of hydrogen-bond donors (Lipinski definition) is 1. The number of rotatable bonds is 3. The minimum Gasteiger partial charge on any atom is -0.490 e. The van der Waals surface area contributed by atoms with E-state index in [1.807, 2.05) is 17.5 Å². The van der Waals surface area contributed by atoms with Gasteiger partial charge in [-0.2, -0.15) is 5.10 Å². The molecule has 0 unspecified atom stereocenters. The van der Waals surface area contributed by atoms with E-state index in [2.05, 4.69) is 10.5 Å². The van der Waals surface area contributed by atoms with Gasteiger partial charge >= 0.3 is 0 Å². The molecule has 0 fully saturated rings. The molecule has 3 rings (SSSR count). The van der Waals surface area contributed by atoms with Gasteiger partial charge in [0.05, 0.1) is 19.4 Å². The quantitative estimate of drug-likeness (QED) is 0.700. The summed E-state index contributed by atoms with van der Waals surface area (Å²) in [5, 5.41) is 5.89. The minimum absolute atomic E-state index is 0.279. The van der Waals surface area contributed by atoms with Gasteiger partial charge in [-0.3, -0.25) is 4.79 Å². The lowest BCUT2D eigenvalue weighted by molar-refractivity contribution is 0.0954. The molecule has 108 valence electrons. The molecule has 1 aliphatic rings. The van der Waals surface area contributed by atoms with Crippen molar-refractivity contribution >= 4 is 23.5 Å². The van der Waals surface area contributed by atoms with Gasteiger partial charge in [-0.15, -0.1) is 11.3 Å². The summed E-state index contributed by atoms with van der Waals surface area (Å²) in [7, 11) is 0. The van der Waals surface area contributed by atoms with Crippen LogP contribution in [0.3, 0.4) is 0 Å². The number of carbonyl (C=O) groups is 1. The highest BCUT2D eigenvalue weighted by atomic mass is 32.1. The lowest BCUT2D eigenvalue weighted by Crippen LogP contribution is -2.17. The Bertz CT molecular complexity index is 653. The fourth-order valence-corrected chi connectivity index (χ4v) is 2.47. The first-order chi connectivity index (χ1) is 10.3. The van der Waals surface area contributed by atoms with Crippen molar-refractivity contribution in [1.82, 2.24) is 5.43 Å². The second-order valence-corrected chi connectivity index (χ2v) is 5.41. The fourth-order valence-electron chi connectivity index (χ4n) is 1.89. The third kappa shape index (κ3) is 3.41. The molecule has 2 heterocycles. The number of nitrogens with zero attached hydrogens (tertiary/aromatic N) is 1. The zero-order valence-electron chi connectivity index (χ0n) is 11.2. The van der Waals surface area contributed by atoms with Gasteiger partial charge in [-0.25, -0.2) is 5.43 Å². The van der Waals surface area contributed by atoms with Gasteiger partial charge in [0.2, 0.25) is 0 Å². The summed E-state index contributed by atoms with van der Waals surface area (Å²) in [6.07, 6.45) is 2.45. The molecule has 1 aromatic heterocycles. The van der Waals surface area contributed by atoms with E-state index in [-0.39, 0.29) is 5.91 Å². The lowest BCUT2D eigenvalue weighted by Gasteiger charge is -2.08. The molecule has 1 amide bonds. The van der Waals surface area contributed by atoms with Gasteiger partial charge in [-0.1, -0.05) is 6.07 Å². The largest absolute Gasteiger partial charge is 0.490 e. The summed E-state index contributed by atoms with van der Waals surface area (Å²) >= 11 is 1.55. The van der Waals surface area contributed by atoms with Crippen LogP contribution in [0.15, 0.2) is 40.8 Å². The Morgan fingerprint density at radius 3 is 2.90 bits per heavy atom. The van der Waals surface area contributed by atoms with Gasteiger partial charge in [0.15, 0.2) is 11.5 Å². The molecular weight excluding hydrogens is 288 g/mol. The first kappa shape index (κ1) is 13.6. The summed E-state index contributed by atoms with van der Waals surface area (Å²) in [6, 6.07) is 8.98. The van der Waals surface area contributed by atoms with Crippen molar-refractivity contribution in [3.63, 3.8) is 0 Å². The predicted molar refractivity (Wildman–Crippen MR) is 81.4 cm³/mol. The summed E-state index contributed by atoms with van der Waals surface area (Å²) < 4.78 is 11.1. The van der Waals surface area contributed by atoms with Crippen LogP contribution in [0.25, 0.3) is 0 Å². The molecule has 1 aliphatic heterocycles. The van der Waals surface area contributed by atoms with Crippen molar-refractivity contribution in [2.45, 2.75) is 6.42 Å². The van der Waals surface area contributed by atoms with E-state index in [0.29, 0.717) is 30.3 Å². The van der Waals surface area contributed by atoms with Gasteiger partial charge in [0.1, 0.15) is 0 Å². The van der Waals surface area contributed by atoms with Crippen molar-refractivity contribution in [1.29, 1.82) is 0 Å². The standard InChI is InChI=1S/C15H14N2O3S/c18-15(17-16-10-12-3-1-8-21-12)11-4-5-13-14(9-11)20-7-2-6-19-13/h1,3-5,8-10H,2,6-7H2,(H,17,18)/b16-10+. The third-order valence-corrected chi connectivity index (χ3v) is 3.72. The van der Waals surface area contributed by atoms with Crippen molar-refractivity contribution in [3.05, 3.63) is 46.2 Å². The molecule has 0 saturated heterocycles. The van der Waals surface area contributed by atoms with E-state index in [1.165, 1.54) is 0 Å². The van der Waals surface area contributed by atoms with E-state index in [1.54, 1.807) is 35.8 Å². The summed E-state index contributed by atoms with van der Waals surface area (Å²) in [5.41, 5.74) is 2.99. The van der Waals surface area contributed by atoms with Crippen molar-refractivity contribution < 1.29 is 14.3 Å². The SMILES string of the molecule is O=C(N/N=C/c1cccs1)c1ccc2c(c1)OCCCO2. The molecule has 1 N–H and O–H groups in total. The number of fused-ring (bicyclic) bond motifs is 1. The van der Waals surface area contributed by atoms with Gasteiger partial charge in [-0.05, 0) is 29.6 Å². The Labute approximate surface area is 126 Å². The van der Waals surface area contributed by atoms with Crippen LogP contribution >= 0.6 is 11.3 Å². The zero-order valence-corrected chi connectivity index (χ0v) is 12.1. The summed E-state index contributed by atoms with van der Waals surface area (Å²) in [4.78, 5) is 13.0. The number of amides is 1. The molecule has 0 saturated carbocycles. The van der Waals surface area contributed by atoms with Crippen LogP contribution in [0.4, 0.5) is 0 Å². The summed E-state index contributed by atoms with van der Waals surface area (Å²) in [5.74, 6) is 0.993. The Morgan fingerprint density at radius 2 is 2.10 bits per heavy atom. The first-order valence-electron chi connectivity index (χ1n) is 6.59. The number of carbonyl (C=O) groups excluding carboxylic acids is 1. The van der Waals surface area contributed by atoms with Gasteiger partial charge < -0.3 is 9.47 Å². The first-order valence-corrected chi connectivity index (χ1v) is 7.47. The van der Waals surface area contributed by atoms with E-state index in [9.17, 15) is 4.79 Å². The van der Waals surface area contributed by atoms with Crippen LogP contribution in [0.2, 0.25) is 0 Å². The highest BCUT2D eigenvalue weighted by molar-refractivity contribution is 7.11. The smallest absolute Gasteiger partial charge is 0.271 e. The Balaban J connectivity index is 1.68. The lowest BCUT2D eigenvalue weighted by atomic mass is 10.2. The Kier molecular flexibility index (Phi) is 4.16. The van der Waals surface area contributed by atoms with Crippen LogP contribution in [0.5, 0.6) is 11.5 Å². The van der Waals surface area contributed by atoms with Gasteiger partial charge in [0, 0.05) is 16.9 Å². The Morgan fingerprint density at radius 1 is 1.24 bits per heavy atom. The van der Waals surface area contributed by atoms with E-state index < -0.39 is 0 Å². The normalized spacial score (nSPS) is 13.9. The number of hydrazone groups is 1. The van der Waals surface area contributed by atoms with Crippen molar-refractivity contribution in [3.8, 4) is 11.5 Å². The molecule has 2 aromatic rings. The molecule has 0 radical (unpaired) electrons. The molecule has 6 heteroatoms. The molecule has 0 atom stereocenters. The molecule has 0 spiro atoms. The molecule has 5 nitrogen and oxygen atoms in total. The Hall–Kier alpha value is -2.34. The number of benzene rings is 1. The monoisotopic (exact) mass is 302 g/mol. The van der Waals surface area contributed by atoms with Crippen molar-refractivity contribution in [2.75, 3.05) is 13.2 Å². The van der Waals surface area contributed by atoms with Crippen molar-refractivity contribution in [2.24, 2.45) is 5.10 Å². The molecule has 0 aliphatic carbocycles. The average Bonchev–Trinajstić information content (AvgIpc) is 2.90. The van der Waals surface area contributed by atoms with E-state index >= 15 is 0 Å². The number of thiophene rings is 1. The number of hydrogen-bond acceptors (Lipinski definition) is 5. The van der Waals surface area contributed by atoms with E-state index in [4.69, 9.17) is 9.47 Å². The highest BCUT2D eigenvalue weighted by Crippen LogP contribution is 2.30. The van der Waals surface area contributed by atoms with Crippen LogP contribution < -0.4 is 14.9 Å². The maximum atomic E-state index is 12.0. The number of nitrogens with one attached hydrogen (secondary N) is 1. The maximum absolute atomic E-state index is 12.0. The molecular formula is C15H14N2O3S. The highest BCUT2D eigenvalue weighted by Gasteiger charge is 2.13. The van der Waals surface area contributed by atoms with E-state index in [0.717, 1.165) is 11.3 Å². The number of ether oxygens (including phenoxy) is 2. The second kappa shape index (κ2) is 6.41. The minimum atomic E-state index is -0.279. The van der Waals surface area contributed by atoms with Crippen LogP contribution in [0.1, 0.15) is 21.7 Å². The van der Waals surface area contributed by atoms with Crippen LogP contribution in [-0.2, 0) is 0 Å². The molecule has 0 bridgehead atoms. The molecule has 1 aromatic carbocycles. The molecule has 21 heavy (non-hydrogen) atoms. The predicted octanol–water partition coefficient (Wildman–Crippen LogP) is 2.67. The average molecular weight is 302 g/mol. The van der Waals surface area contributed by atoms with Gasteiger partial charge in [0.25, 0.3) is 5.91 Å². The fraction of sp³-hybridized carbons (Fsp3) is 0.200.